The molecule has 1 aromatic carbocycles. The average molecular weight is 365 g/mol. The zero-order chi connectivity index (χ0) is 19.3. The fraction of sp³-hybridized carbons (Fsp3) is 0.667. The van der Waals surface area contributed by atoms with Gasteiger partial charge in [0.1, 0.15) is 12.2 Å². The van der Waals surface area contributed by atoms with E-state index in [9.17, 15) is 9.18 Å². The molecule has 0 amide bonds. The van der Waals surface area contributed by atoms with E-state index in [4.69, 9.17) is 9.47 Å². The van der Waals surface area contributed by atoms with Crippen LogP contribution in [0, 0.1) is 5.82 Å². The molecule has 1 aliphatic carbocycles. The van der Waals surface area contributed by atoms with Gasteiger partial charge in [0.05, 0.1) is 5.56 Å². The molecule has 2 rings (SSSR count). The quantitative estimate of drug-likeness (QED) is 0.620. The van der Waals surface area contributed by atoms with Crippen molar-refractivity contribution in [3.63, 3.8) is 0 Å². The molecule has 0 atom stereocenters. The van der Waals surface area contributed by atoms with E-state index in [1.54, 1.807) is 0 Å². The summed E-state index contributed by atoms with van der Waals surface area (Å²) in [5.41, 5.74) is -0.0260. The molecule has 0 aliphatic heterocycles. The average Bonchev–Trinajstić information content (AvgIpc) is 2.99. The smallest absolute Gasteiger partial charge is 0.338 e. The van der Waals surface area contributed by atoms with Crippen molar-refractivity contribution in [2.75, 3.05) is 13.2 Å². The molecule has 1 aliphatic rings. The number of carbonyl (C=O) groups is 1. The molecule has 4 nitrogen and oxygen atoms in total. The molecular formula is C21H32FNO3. The largest absolute Gasteiger partial charge is 0.484 e. The summed E-state index contributed by atoms with van der Waals surface area (Å²) >= 11 is 0. The lowest BCUT2D eigenvalue weighted by molar-refractivity contribution is 0.0414. The van der Waals surface area contributed by atoms with Crippen LogP contribution < -0.4 is 4.74 Å². The molecule has 0 radical (unpaired) electrons. The monoisotopic (exact) mass is 365 g/mol. The van der Waals surface area contributed by atoms with Crippen LogP contribution in [-0.4, -0.2) is 41.7 Å². The number of benzene rings is 1. The second-order valence-electron chi connectivity index (χ2n) is 7.97. The van der Waals surface area contributed by atoms with Gasteiger partial charge >= 0.3 is 5.97 Å². The second-order valence-corrected chi connectivity index (χ2v) is 7.97. The maximum atomic E-state index is 14.1. The molecule has 146 valence electrons. The summed E-state index contributed by atoms with van der Waals surface area (Å²) in [4.78, 5) is 14.6. The normalized spacial score (nSPS) is 16.5. The van der Waals surface area contributed by atoms with Crippen molar-refractivity contribution in [3.8, 4) is 5.75 Å². The van der Waals surface area contributed by atoms with Crippen LogP contribution in [0.15, 0.2) is 18.2 Å². The Balaban J connectivity index is 1.97. The van der Waals surface area contributed by atoms with Crippen molar-refractivity contribution in [1.82, 2.24) is 4.90 Å². The molecule has 5 heteroatoms. The predicted octanol–water partition coefficient (Wildman–Crippen LogP) is 4.81. The van der Waals surface area contributed by atoms with Crippen LogP contribution in [0.25, 0.3) is 0 Å². The zero-order valence-electron chi connectivity index (χ0n) is 16.7. The van der Waals surface area contributed by atoms with E-state index in [0.717, 1.165) is 25.7 Å². The van der Waals surface area contributed by atoms with Crippen LogP contribution in [0.3, 0.4) is 0 Å². The van der Waals surface area contributed by atoms with Crippen LogP contribution in [-0.2, 0) is 4.74 Å². The molecule has 0 saturated heterocycles. The third-order valence-corrected chi connectivity index (χ3v) is 5.09. The third kappa shape index (κ3) is 5.44. The van der Waals surface area contributed by atoms with E-state index in [-0.39, 0.29) is 11.4 Å². The fourth-order valence-electron chi connectivity index (χ4n) is 3.64. The topological polar surface area (TPSA) is 38.8 Å². The standard InChI is InChI=1S/C21H32FNO3/c1-15(2)23(16(3)4)12-13-25-20(24)17-8-9-18(22)19(14-17)26-21(5)10-6-7-11-21/h8-9,14-16H,6-7,10-13H2,1-5H3. The number of hydrogen-bond acceptors (Lipinski definition) is 4. The number of nitrogens with zero attached hydrogens (tertiary/aromatic N) is 1. The van der Waals surface area contributed by atoms with Crippen molar-refractivity contribution in [2.45, 2.75) is 78.0 Å². The molecule has 0 spiro atoms. The molecule has 0 aromatic heterocycles. The number of ether oxygens (including phenoxy) is 2. The molecule has 0 N–H and O–H groups in total. The summed E-state index contributed by atoms with van der Waals surface area (Å²) in [7, 11) is 0. The number of hydrogen-bond donors (Lipinski definition) is 0. The maximum Gasteiger partial charge on any atom is 0.338 e. The van der Waals surface area contributed by atoms with Crippen LogP contribution in [0.4, 0.5) is 4.39 Å². The van der Waals surface area contributed by atoms with Gasteiger partial charge in [-0.1, -0.05) is 0 Å². The summed E-state index contributed by atoms with van der Waals surface area (Å²) in [6.07, 6.45) is 3.98. The number of halogens is 1. The first-order valence-electron chi connectivity index (χ1n) is 9.63. The van der Waals surface area contributed by atoms with Gasteiger partial charge in [0.25, 0.3) is 0 Å². The summed E-state index contributed by atoms with van der Waals surface area (Å²) in [6.45, 7) is 11.5. The van der Waals surface area contributed by atoms with Crippen molar-refractivity contribution < 1.29 is 18.7 Å². The van der Waals surface area contributed by atoms with E-state index in [0.29, 0.717) is 30.8 Å². The molecule has 1 aromatic rings. The van der Waals surface area contributed by atoms with Crippen molar-refractivity contribution >= 4 is 5.97 Å². The van der Waals surface area contributed by atoms with Crippen LogP contribution in [0.5, 0.6) is 5.75 Å². The lowest BCUT2D eigenvalue weighted by Gasteiger charge is -2.30. The fourth-order valence-corrected chi connectivity index (χ4v) is 3.64. The van der Waals surface area contributed by atoms with E-state index in [2.05, 4.69) is 32.6 Å². The Hall–Kier alpha value is -1.62. The van der Waals surface area contributed by atoms with Gasteiger partial charge in [-0.05, 0) is 78.5 Å². The number of rotatable bonds is 8. The Bertz CT molecular complexity index is 601. The molecule has 0 bridgehead atoms. The predicted molar refractivity (Wildman–Crippen MR) is 101 cm³/mol. The highest BCUT2D eigenvalue weighted by atomic mass is 19.1. The highest BCUT2D eigenvalue weighted by molar-refractivity contribution is 5.89. The lowest BCUT2D eigenvalue weighted by Crippen LogP contribution is -2.39. The first kappa shape index (κ1) is 20.7. The minimum atomic E-state index is -0.445. The Morgan fingerprint density at radius 2 is 1.81 bits per heavy atom. The summed E-state index contributed by atoms with van der Waals surface area (Å²) in [5, 5.41) is 0. The summed E-state index contributed by atoms with van der Waals surface area (Å²) in [5.74, 6) is -0.755. The lowest BCUT2D eigenvalue weighted by atomic mass is 10.1. The van der Waals surface area contributed by atoms with Crippen LogP contribution in [0.1, 0.15) is 70.7 Å². The Morgan fingerprint density at radius 1 is 1.19 bits per heavy atom. The minimum absolute atomic E-state index is 0.134. The zero-order valence-corrected chi connectivity index (χ0v) is 16.7. The van der Waals surface area contributed by atoms with Crippen molar-refractivity contribution in [1.29, 1.82) is 0 Å². The van der Waals surface area contributed by atoms with Crippen molar-refractivity contribution in [3.05, 3.63) is 29.6 Å². The molecule has 1 fully saturated rings. The second kappa shape index (κ2) is 8.85. The van der Waals surface area contributed by atoms with Gasteiger partial charge in [-0.25, -0.2) is 9.18 Å². The third-order valence-electron chi connectivity index (χ3n) is 5.09. The maximum absolute atomic E-state index is 14.1. The van der Waals surface area contributed by atoms with E-state index >= 15 is 0 Å². The van der Waals surface area contributed by atoms with E-state index < -0.39 is 11.8 Å². The van der Waals surface area contributed by atoms with E-state index in [1.165, 1.54) is 18.2 Å². The summed E-state index contributed by atoms with van der Waals surface area (Å²) in [6, 6.07) is 4.95. The first-order chi connectivity index (χ1) is 12.2. The highest BCUT2D eigenvalue weighted by Gasteiger charge is 2.31. The van der Waals surface area contributed by atoms with Gasteiger partial charge in [-0.15, -0.1) is 0 Å². The van der Waals surface area contributed by atoms with E-state index in [1.807, 2.05) is 6.92 Å². The number of esters is 1. The van der Waals surface area contributed by atoms with Crippen LogP contribution in [0.2, 0.25) is 0 Å². The van der Waals surface area contributed by atoms with Gasteiger partial charge in [-0.3, -0.25) is 4.90 Å². The summed E-state index contributed by atoms with van der Waals surface area (Å²) < 4.78 is 25.4. The molecule has 26 heavy (non-hydrogen) atoms. The Labute approximate surface area is 156 Å². The minimum Gasteiger partial charge on any atom is -0.484 e. The number of carbonyl (C=O) groups excluding carboxylic acids is 1. The SMILES string of the molecule is CC(C)N(CCOC(=O)c1ccc(F)c(OC2(C)CCCC2)c1)C(C)C. The van der Waals surface area contributed by atoms with Crippen LogP contribution >= 0.6 is 0 Å². The van der Waals surface area contributed by atoms with Crippen molar-refractivity contribution in [2.24, 2.45) is 0 Å². The highest BCUT2D eigenvalue weighted by Crippen LogP contribution is 2.35. The molecular weight excluding hydrogens is 333 g/mol. The van der Waals surface area contributed by atoms with Gasteiger partial charge in [0.15, 0.2) is 11.6 Å². The molecule has 0 unspecified atom stereocenters. The Kier molecular flexibility index (Phi) is 7.04. The van der Waals surface area contributed by atoms with Gasteiger partial charge in [-0.2, -0.15) is 0 Å². The van der Waals surface area contributed by atoms with Gasteiger partial charge in [0.2, 0.25) is 0 Å². The van der Waals surface area contributed by atoms with Gasteiger partial charge < -0.3 is 9.47 Å². The van der Waals surface area contributed by atoms with Gasteiger partial charge in [0, 0.05) is 18.6 Å². The first-order valence-corrected chi connectivity index (χ1v) is 9.63. The Morgan fingerprint density at radius 3 is 2.38 bits per heavy atom. The molecule has 1 saturated carbocycles. The molecule has 0 heterocycles.